The molecule has 0 aromatic heterocycles. The third-order valence-electron chi connectivity index (χ3n) is 2.28. The minimum atomic E-state index is -0.289. The van der Waals surface area contributed by atoms with Gasteiger partial charge in [-0.2, -0.15) is 5.26 Å². The molecule has 3 heteroatoms. The molecular weight excluding hydrogens is 178 g/mol. The highest BCUT2D eigenvalue weighted by atomic mass is 16.7. The number of benzene rings is 1. The Morgan fingerprint density at radius 1 is 1.36 bits per heavy atom. The van der Waals surface area contributed by atoms with Crippen LogP contribution in [0.15, 0.2) is 18.2 Å². The summed E-state index contributed by atoms with van der Waals surface area (Å²) in [5.41, 5.74) is 2.70. The second-order valence-electron chi connectivity index (χ2n) is 3.26. The van der Waals surface area contributed by atoms with Crippen LogP contribution in [-0.2, 0) is 9.47 Å². The Balaban J connectivity index is 2.35. The molecule has 2 rings (SSSR count). The van der Waals surface area contributed by atoms with E-state index in [1.807, 2.05) is 19.1 Å². The third kappa shape index (κ3) is 1.63. The van der Waals surface area contributed by atoms with Gasteiger partial charge in [-0.3, -0.25) is 0 Å². The maximum atomic E-state index is 8.76. The molecule has 0 saturated carbocycles. The summed E-state index contributed by atoms with van der Waals surface area (Å²) in [5, 5.41) is 8.76. The Morgan fingerprint density at radius 3 is 2.71 bits per heavy atom. The molecule has 0 spiro atoms. The molecule has 0 radical (unpaired) electrons. The van der Waals surface area contributed by atoms with Gasteiger partial charge in [0.1, 0.15) is 0 Å². The van der Waals surface area contributed by atoms with Crippen molar-refractivity contribution in [3.05, 3.63) is 34.9 Å². The number of nitriles is 1. The average Bonchev–Trinajstić information content (AvgIpc) is 2.71. The molecule has 0 bridgehead atoms. The van der Waals surface area contributed by atoms with E-state index in [0.717, 1.165) is 11.1 Å². The van der Waals surface area contributed by atoms with E-state index in [1.165, 1.54) is 0 Å². The van der Waals surface area contributed by atoms with Gasteiger partial charge >= 0.3 is 0 Å². The van der Waals surface area contributed by atoms with Crippen molar-refractivity contribution in [2.45, 2.75) is 13.2 Å². The summed E-state index contributed by atoms with van der Waals surface area (Å²) in [4.78, 5) is 0. The highest BCUT2D eigenvalue weighted by Gasteiger charge is 2.20. The van der Waals surface area contributed by atoms with Gasteiger partial charge in [0.25, 0.3) is 0 Å². The molecule has 3 nitrogen and oxygen atoms in total. The van der Waals surface area contributed by atoms with Gasteiger partial charge in [-0.15, -0.1) is 0 Å². The first-order chi connectivity index (χ1) is 6.81. The van der Waals surface area contributed by atoms with E-state index >= 15 is 0 Å². The predicted octanol–water partition coefficient (Wildman–Crippen LogP) is 1.91. The quantitative estimate of drug-likeness (QED) is 0.677. The smallest absolute Gasteiger partial charge is 0.184 e. The number of nitrogens with zero attached hydrogens (tertiary/aromatic N) is 1. The zero-order chi connectivity index (χ0) is 9.97. The fourth-order valence-electron chi connectivity index (χ4n) is 1.50. The van der Waals surface area contributed by atoms with Gasteiger partial charge in [0, 0.05) is 5.56 Å². The zero-order valence-corrected chi connectivity index (χ0v) is 7.99. The first-order valence-corrected chi connectivity index (χ1v) is 4.55. The molecule has 0 atom stereocenters. The lowest BCUT2D eigenvalue weighted by molar-refractivity contribution is -0.0445. The maximum absolute atomic E-state index is 8.76. The topological polar surface area (TPSA) is 42.2 Å². The van der Waals surface area contributed by atoms with Crippen molar-refractivity contribution >= 4 is 0 Å². The van der Waals surface area contributed by atoms with Crippen LogP contribution in [0.3, 0.4) is 0 Å². The SMILES string of the molecule is Cc1ccc(C#N)cc1C1OCCO1. The van der Waals surface area contributed by atoms with Crippen molar-refractivity contribution in [3.8, 4) is 6.07 Å². The summed E-state index contributed by atoms with van der Waals surface area (Å²) in [5.74, 6) is 0. The Labute approximate surface area is 82.9 Å². The summed E-state index contributed by atoms with van der Waals surface area (Å²) in [6.45, 7) is 3.24. The molecule has 0 amide bonds. The lowest BCUT2D eigenvalue weighted by atomic mass is 10.1. The second-order valence-corrected chi connectivity index (χ2v) is 3.26. The first kappa shape index (κ1) is 9.20. The lowest BCUT2D eigenvalue weighted by Gasteiger charge is -2.12. The van der Waals surface area contributed by atoms with Crippen LogP contribution >= 0.6 is 0 Å². The van der Waals surface area contributed by atoms with E-state index in [2.05, 4.69) is 6.07 Å². The monoisotopic (exact) mass is 189 g/mol. The van der Waals surface area contributed by atoms with E-state index < -0.39 is 0 Å². The minimum absolute atomic E-state index is 0.289. The Hall–Kier alpha value is -1.37. The molecular formula is C11H11NO2. The predicted molar refractivity (Wildman–Crippen MR) is 50.5 cm³/mol. The van der Waals surface area contributed by atoms with Crippen LogP contribution in [0.5, 0.6) is 0 Å². The summed E-state index contributed by atoms with van der Waals surface area (Å²) in [7, 11) is 0. The maximum Gasteiger partial charge on any atom is 0.184 e. The summed E-state index contributed by atoms with van der Waals surface area (Å²) >= 11 is 0. The van der Waals surface area contributed by atoms with E-state index in [-0.39, 0.29) is 6.29 Å². The van der Waals surface area contributed by atoms with Crippen molar-refractivity contribution in [1.82, 2.24) is 0 Å². The molecule has 1 aliphatic heterocycles. The van der Waals surface area contributed by atoms with Gasteiger partial charge in [-0.1, -0.05) is 6.07 Å². The van der Waals surface area contributed by atoms with Crippen LogP contribution in [0.1, 0.15) is 23.0 Å². The minimum Gasteiger partial charge on any atom is -0.346 e. The third-order valence-corrected chi connectivity index (χ3v) is 2.28. The molecule has 1 heterocycles. The second kappa shape index (κ2) is 3.79. The van der Waals surface area contributed by atoms with Gasteiger partial charge in [0.15, 0.2) is 6.29 Å². The fraction of sp³-hybridized carbons (Fsp3) is 0.364. The number of hydrogen-bond donors (Lipinski definition) is 0. The van der Waals surface area contributed by atoms with Gasteiger partial charge in [0.05, 0.1) is 24.8 Å². The summed E-state index contributed by atoms with van der Waals surface area (Å²) in [6, 6.07) is 7.65. The van der Waals surface area contributed by atoms with Crippen LogP contribution in [-0.4, -0.2) is 13.2 Å². The largest absolute Gasteiger partial charge is 0.346 e. The Kier molecular flexibility index (Phi) is 2.49. The molecule has 1 aliphatic rings. The highest BCUT2D eigenvalue weighted by molar-refractivity contribution is 5.38. The van der Waals surface area contributed by atoms with Gasteiger partial charge in [0.2, 0.25) is 0 Å². The van der Waals surface area contributed by atoms with E-state index in [4.69, 9.17) is 14.7 Å². The molecule has 1 aromatic rings. The van der Waals surface area contributed by atoms with Crippen molar-refractivity contribution < 1.29 is 9.47 Å². The van der Waals surface area contributed by atoms with Crippen molar-refractivity contribution in [2.24, 2.45) is 0 Å². The fourth-order valence-corrected chi connectivity index (χ4v) is 1.50. The van der Waals surface area contributed by atoms with Crippen LogP contribution in [0.2, 0.25) is 0 Å². The first-order valence-electron chi connectivity index (χ1n) is 4.55. The number of ether oxygens (including phenoxy) is 2. The van der Waals surface area contributed by atoms with Gasteiger partial charge in [-0.05, 0) is 24.6 Å². The molecule has 0 unspecified atom stereocenters. The van der Waals surface area contributed by atoms with E-state index in [0.29, 0.717) is 18.8 Å². The molecule has 0 aliphatic carbocycles. The number of rotatable bonds is 1. The van der Waals surface area contributed by atoms with Crippen LogP contribution < -0.4 is 0 Å². The zero-order valence-electron chi connectivity index (χ0n) is 7.99. The molecule has 0 N–H and O–H groups in total. The van der Waals surface area contributed by atoms with Gasteiger partial charge in [-0.25, -0.2) is 0 Å². The Bertz CT molecular complexity index is 375. The van der Waals surface area contributed by atoms with Crippen molar-refractivity contribution in [3.63, 3.8) is 0 Å². The Morgan fingerprint density at radius 2 is 2.07 bits per heavy atom. The van der Waals surface area contributed by atoms with Crippen LogP contribution in [0.4, 0.5) is 0 Å². The van der Waals surface area contributed by atoms with Crippen molar-refractivity contribution in [1.29, 1.82) is 5.26 Å². The van der Waals surface area contributed by atoms with Crippen LogP contribution in [0.25, 0.3) is 0 Å². The highest BCUT2D eigenvalue weighted by Crippen LogP contribution is 2.26. The normalized spacial score (nSPS) is 16.9. The number of hydrogen-bond acceptors (Lipinski definition) is 3. The lowest BCUT2D eigenvalue weighted by Crippen LogP contribution is -2.01. The molecule has 1 aromatic carbocycles. The molecule has 72 valence electrons. The van der Waals surface area contributed by atoms with Gasteiger partial charge < -0.3 is 9.47 Å². The number of aryl methyl sites for hydroxylation is 1. The molecule has 1 saturated heterocycles. The van der Waals surface area contributed by atoms with E-state index in [1.54, 1.807) is 6.07 Å². The van der Waals surface area contributed by atoms with Crippen molar-refractivity contribution in [2.75, 3.05) is 13.2 Å². The molecule has 14 heavy (non-hydrogen) atoms. The standard InChI is InChI=1S/C11H11NO2/c1-8-2-3-9(7-12)6-10(8)11-13-4-5-14-11/h2-3,6,11H,4-5H2,1H3. The molecule has 1 fully saturated rings. The summed E-state index contributed by atoms with van der Waals surface area (Å²) < 4.78 is 10.8. The van der Waals surface area contributed by atoms with E-state index in [9.17, 15) is 0 Å². The summed E-state index contributed by atoms with van der Waals surface area (Å²) in [6.07, 6.45) is -0.289. The average molecular weight is 189 g/mol. The van der Waals surface area contributed by atoms with Crippen LogP contribution in [0, 0.1) is 18.3 Å².